The molecule has 1 heterocycles. The Morgan fingerprint density at radius 2 is 2.00 bits per heavy atom. The van der Waals surface area contributed by atoms with Crippen molar-refractivity contribution in [3.8, 4) is 0 Å². The first-order valence-electron chi connectivity index (χ1n) is 7.65. The Bertz CT molecular complexity index is 620. The lowest BCUT2D eigenvalue weighted by molar-refractivity contribution is 0.411. The minimum atomic E-state index is 0.383. The largest absolute Gasteiger partial charge is 0.398 e. The molecule has 21 heavy (non-hydrogen) atoms. The average molecular weight is 301 g/mol. The zero-order valence-electron chi connectivity index (χ0n) is 12.6. The number of rotatable bonds is 4. The summed E-state index contributed by atoms with van der Waals surface area (Å²) in [4.78, 5) is 4.25. The Kier molecular flexibility index (Phi) is 4.24. The molecule has 0 saturated heterocycles. The molecule has 3 rings (SSSR count). The molecule has 4 heteroatoms. The van der Waals surface area contributed by atoms with Crippen LogP contribution in [0, 0.1) is 0 Å². The molecule has 2 aromatic rings. The molecule has 0 amide bonds. The van der Waals surface area contributed by atoms with Crippen LogP contribution in [0.3, 0.4) is 0 Å². The van der Waals surface area contributed by atoms with E-state index in [1.807, 2.05) is 30.1 Å². The first-order chi connectivity index (χ1) is 10.2. The van der Waals surface area contributed by atoms with Gasteiger partial charge in [0.1, 0.15) is 0 Å². The van der Waals surface area contributed by atoms with E-state index in [1.54, 1.807) is 6.20 Å². The minimum Gasteiger partial charge on any atom is -0.398 e. The molecule has 0 aliphatic heterocycles. The number of hydrogen-bond acceptors (Lipinski definition) is 4. The molecule has 0 bridgehead atoms. The van der Waals surface area contributed by atoms with E-state index in [0.717, 1.165) is 28.7 Å². The number of anilines is 2. The second kappa shape index (κ2) is 6.14. The highest BCUT2D eigenvalue weighted by Gasteiger charge is 2.30. The highest BCUT2D eigenvalue weighted by molar-refractivity contribution is 8.00. The van der Waals surface area contributed by atoms with E-state index in [0.29, 0.717) is 4.75 Å². The van der Waals surface area contributed by atoms with Gasteiger partial charge in [0.15, 0.2) is 0 Å². The van der Waals surface area contributed by atoms with Gasteiger partial charge >= 0.3 is 0 Å². The molecule has 1 aromatic heterocycles. The summed E-state index contributed by atoms with van der Waals surface area (Å²) in [5, 5.41) is 5.86. The second-order valence-electron chi connectivity index (χ2n) is 5.92. The van der Waals surface area contributed by atoms with E-state index < -0.39 is 0 Å². The van der Waals surface area contributed by atoms with Crippen LogP contribution in [-0.2, 0) is 0 Å². The van der Waals surface area contributed by atoms with E-state index in [4.69, 9.17) is 5.73 Å². The van der Waals surface area contributed by atoms with Crippen LogP contribution >= 0.6 is 11.8 Å². The highest BCUT2D eigenvalue weighted by Crippen LogP contribution is 2.39. The number of fused-ring (bicyclic) bond motifs is 1. The Morgan fingerprint density at radius 1 is 1.19 bits per heavy atom. The number of nitrogens with one attached hydrogen (secondary N) is 1. The lowest BCUT2D eigenvalue weighted by Gasteiger charge is -2.36. The lowest BCUT2D eigenvalue weighted by Crippen LogP contribution is -2.35. The zero-order chi connectivity index (χ0) is 14.7. The molecular formula is C17H23N3S. The summed E-state index contributed by atoms with van der Waals surface area (Å²) < 4.78 is 0.383. The van der Waals surface area contributed by atoms with Crippen molar-refractivity contribution in [1.29, 1.82) is 0 Å². The third kappa shape index (κ3) is 2.95. The van der Waals surface area contributed by atoms with Gasteiger partial charge in [-0.3, -0.25) is 4.98 Å². The lowest BCUT2D eigenvalue weighted by atomic mass is 9.88. The molecule has 0 spiro atoms. The van der Waals surface area contributed by atoms with Gasteiger partial charge in [0, 0.05) is 45.8 Å². The average Bonchev–Trinajstić information content (AvgIpc) is 2.55. The van der Waals surface area contributed by atoms with Crippen molar-refractivity contribution in [2.45, 2.75) is 36.9 Å². The molecule has 1 saturated carbocycles. The van der Waals surface area contributed by atoms with Crippen LogP contribution in [0.2, 0.25) is 0 Å². The molecule has 1 aliphatic rings. The third-order valence-corrected chi connectivity index (χ3v) is 6.07. The summed E-state index contributed by atoms with van der Waals surface area (Å²) >= 11 is 2.02. The van der Waals surface area contributed by atoms with Gasteiger partial charge in [-0.05, 0) is 37.3 Å². The molecular weight excluding hydrogens is 278 g/mol. The summed E-state index contributed by atoms with van der Waals surface area (Å²) in [7, 11) is 0. The molecule has 0 radical (unpaired) electrons. The zero-order valence-corrected chi connectivity index (χ0v) is 13.4. The number of nitrogen functional groups attached to an aromatic ring is 1. The topological polar surface area (TPSA) is 50.9 Å². The predicted octanol–water partition coefficient (Wildman–Crippen LogP) is 4.29. The Labute approximate surface area is 130 Å². The highest BCUT2D eigenvalue weighted by atomic mass is 32.2. The Hall–Kier alpha value is -1.42. The first kappa shape index (κ1) is 14.5. The van der Waals surface area contributed by atoms with E-state index in [2.05, 4.69) is 22.6 Å². The van der Waals surface area contributed by atoms with Crippen LogP contribution in [0.4, 0.5) is 11.4 Å². The summed E-state index contributed by atoms with van der Waals surface area (Å²) in [6.45, 7) is 1.02. The molecule has 3 N–H and O–H groups in total. The standard InChI is InChI=1S/C17H23N3S/c1-21-17(8-3-2-4-9-17)12-20-16-6-5-15(18)13-7-10-19-11-14(13)16/h5-7,10-11,20H,2-4,8-9,12,18H2,1H3. The van der Waals surface area contributed by atoms with Crippen LogP contribution in [0.25, 0.3) is 10.8 Å². The molecule has 0 atom stereocenters. The fourth-order valence-corrected chi connectivity index (χ4v) is 4.19. The van der Waals surface area contributed by atoms with Crippen LogP contribution in [0.15, 0.2) is 30.6 Å². The van der Waals surface area contributed by atoms with Crippen molar-refractivity contribution in [1.82, 2.24) is 4.98 Å². The van der Waals surface area contributed by atoms with E-state index in [1.165, 1.54) is 32.1 Å². The van der Waals surface area contributed by atoms with Crippen LogP contribution in [0.5, 0.6) is 0 Å². The quantitative estimate of drug-likeness (QED) is 0.827. The van der Waals surface area contributed by atoms with E-state index >= 15 is 0 Å². The SMILES string of the molecule is CSC1(CNc2ccc(N)c3ccncc23)CCCCC1. The smallest absolute Gasteiger partial charge is 0.0437 e. The van der Waals surface area contributed by atoms with Gasteiger partial charge in [0.25, 0.3) is 0 Å². The van der Waals surface area contributed by atoms with Crippen molar-refractivity contribution in [3.05, 3.63) is 30.6 Å². The fraction of sp³-hybridized carbons (Fsp3) is 0.471. The number of hydrogen-bond donors (Lipinski definition) is 2. The summed E-state index contributed by atoms with van der Waals surface area (Å²) in [6, 6.07) is 6.05. The first-order valence-corrected chi connectivity index (χ1v) is 8.88. The number of benzene rings is 1. The maximum atomic E-state index is 6.06. The third-order valence-electron chi connectivity index (χ3n) is 4.65. The van der Waals surface area contributed by atoms with Gasteiger partial charge < -0.3 is 11.1 Å². The van der Waals surface area contributed by atoms with Crippen LogP contribution in [-0.4, -0.2) is 22.5 Å². The van der Waals surface area contributed by atoms with Crippen molar-refractivity contribution in [2.24, 2.45) is 0 Å². The minimum absolute atomic E-state index is 0.383. The van der Waals surface area contributed by atoms with E-state index in [-0.39, 0.29) is 0 Å². The van der Waals surface area contributed by atoms with Crippen molar-refractivity contribution in [3.63, 3.8) is 0 Å². The van der Waals surface area contributed by atoms with Gasteiger partial charge in [0.05, 0.1) is 0 Å². The Balaban J connectivity index is 1.83. The summed E-state index contributed by atoms with van der Waals surface area (Å²) in [6.07, 6.45) is 12.7. The van der Waals surface area contributed by atoms with Crippen molar-refractivity contribution in [2.75, 3.05) is 23.9 Å². The summed E-state index contributed by atoms with van der Waals surface area (Å²) in [5.74, 6) is 0. The number of nitrogens with two attached hydrogens (primary N) is 1. The van der Waals surface area contributed by atoms with Gasteiger partial charge in [-0.15, -0.1) is 0 Å². The number of pyridine rings is 1. The molecule has 1 aliphatic carbocycles. The maximum Gasteiger partial charge on any atom is 0.0437 e. The predicted molar refractivity (Wildman–Crippen MR) is 94.0 cm³/mol. The molecule has 3 nitrogen and oxygen atoms in total. The second-order valence-corrected chi connectivity index (χ2v) is 7.20. The van der Waals surface area contributed by atoms with E-state index in [9.17, 15) is 0 Å². The van der Waals surface area contributed by atoms with Gasteiger partial charge in [-0.1, -0.05) is 19.3 Å². The fourth-order valence-electron chi connectivity index (χ4n) is 3.27. The number of nitrogens with zero attached hydrogens (tertiary/aromatic N) is 1. The molecule has 1 fully saturated rings. The normalized spacial score (nSPS) is 17.8. The van der Waals surface area contributed by atoms with Gasteiger partial charge in [-0.2, -0.15) is 11.8 Å². The molecule has 112 valence electrons. The van der Waals surface area contributed by atoms with Gasteiger partial charge in [-0.25, -0.2) is 0 Å². The van der Waals surface area contributed by atoms with Crippen molar-refractivity contribution >= 4 is 33.9 Å². The van der Waals surface area contributed by atoms with Crippen molar-refractivity contribution < 1.29 is 0 Å². The Morgan fingerprint density at radius 3 is 2.76 bits per heavy atom. The van der Waals surface area contributed by atoms with Crippen LogP contribution < -0.4 is 11.1 Å². The monoisotopic (exact) mass is 301 g/mol. The van der Waals surface area contributed by atoms with Gasteiger partial charge in [0.2, 0.25) is 0 Å². The maximum absolute atomic E-state index is 6.06. The summed E-state index contributed by atoms with van der Waals surface area (Å²) in [5.41, 5.74) is 8.02. The molecule has 0 unspecified atom stereocenters. The molecule has 1 aromatic carbocycles. The number of aromatic nitrogens is 1. The number of thioether (sulfide) groups is 1. The van der Waals surface area contributed by atoms with Crippen LogP contribution in [0.1, 0.15) is 32.1 Å².